The van der Waals surface area contributed by atoms with E-state index in [9.17, 15) is 4.79 Å². The molecule has 0 bridgehead atoms. The van der Waals surface area contributed by atoms with E-state index in [2.05, 4.69) is 10.3 Å². The Labute approximate surface area is 167 Å². The summed E-state index contributed by atoms with van der Waals surface area (Å²) in [7, 11) is 0. The maximum Gasteiger partial charge on any atom is 0.224 e. The van der Waals surface area contributed by atoms with Crippen molar-refractivity contribution < 1.29 is 9.21 Å². The molecule has 4 rings (SSSR count). The van der Waals surface area contributed by atoms with Crippen LogP contribution in [0, 0.1) is 0 Å². The van der Waals surface area contributed by atoms with Crippen LogP contribution in [0.2, 0.25) is 5.02 Å². The number of carbonyl (C=O) groups excluding carboxylic acids is 1. The fourth-order valence-electron chi connectivity index (χ4n) is 3.28. The molecule has 1 aliphatic heterocycles. The highest BCUT2D eigenvalue weighted by molar-refractivity contribution is 7.99. The molecular formula is C20H20ClN3O2S. The van der Waals surface area contributed by atoms with E-state index >= 15 is 0 Å². The van der Waals surface area contributed by atoms with Gasteiger partial charge in [-0.3, -0.25) is 9.78 Å². The van der Waals surface area contributed by atoms with Gasteiger partial charge in [-0.05, 0) is 42.8 Å². The predicted octanol–water partition coefficient (Wildman–Crippen LogP) is 4.95. The second kappa shape index (κ2) is 8.23. The van der Waals surface area contributed by atoms with Crippen LogP contribution in [0.15, 0.2) is 53.3 Å². The highest BCUT2D eigenvalue weighted by Gasteiger charge is 2.31. The molecule has 0 spiro atoms. The first kappa shape index (κ1) is 18.2. The van der Waals surface area contributed by atoms with Crippen LogP contribution in [0.1, 0.15) is 24.0 Å². The van der Waals surface area contributed by atoms with E-state index in [4.69, 9.17) is 16.0 Å². The molecule has 1 aliphatic rings. The molecule has 27 heavy (non-hydrogen) atoms. The number of thioether (sulfide) groups is 1. The maximum atomic E-state index is 12.4. The lowest BCUT2D eigenvalue weighted by molar-refractivity contribution is -0.132. The van der Waals surface area contributed by atoms with Gasteiger partial charge in [-0.15, -0.1) is 11.8 Å². The third kappa shape index (κ3) is 4.06. The number of nitrogens with one attached hydrogen (secondary N) is 1. The summed E-state index contributed by atoms with van der Waals surface area (Å²) >= 11 is 7.81. The van der Waals surface area contributed by atoms with Crippen molar-refractivity contribution in [2.24, 2.45) is 0 Å². The van der Waals surface area contributed by atoms with Crippen LogP contribution in [0.3, 0.4) is 0 Å². The number of aromatic nitrogens is 1. The van der Waals surface area contributed by atoms with Gasteiger partial charge in [-0.25, -0.2) is 0 Å². The van der Waals surface area contributed by atoms with Gasteiger partial charge in [-0.2, -0.15) is 0 Å². The summed E-state index contributed by atoms with van der Waals surface area (Å²) in [4.78, 5) is 18.7. The standard InChI is InChI=1S/C20H20ClN3O2S/c21-14-4-5-15-16(6-9-23-17(15)13-14)22-8-2-10-24-19(25)7-12-27-20(24)18-3-1-11-26-18/h1,3-6,9,11,13,20H,2,7-8,10,12H2,(H,22,23). The van der Waals surface area contributed by atoms with Gasteiger partial charge < -0.3 is 14.6 Å². The fourth-order valence-corrected chi connectivity index (χ4v) is 4.66. The molecule has 140 valence electrons. The summed E-state index contributed by atoms with van der Waals surface area (Å²) < 4.78 is 5.54. The molecule has 1 atom stereocenters. The Hall–Kier alpha value is -2.18. The lowest BCUT2D eigenvalue weighted by Gasteiger charge is -2.34. The molecule has 1 amide bonds. The number of amides is 1. The molecule has 2 aromatic heterocycles. The van der Waals surface area contributed by atoms with Crippen molar-refractivity contribution in [3.05, 3.63) is 59.6 Å². The first-order chi connectivity index (χ1) is 13.2. The van der Waals surface area contributed by atoms with Crippen molar-refractivity contribution in [3.8, 4) is 0 Å². The molecule has 0 saturated carbocycles. The monoisotopic (exact) mass is 401 g/mol. The van der Waals surface area contributed by atoms with Gasteiger partial charge in [0, 0.05) is 47.6 Å². The Morgan fingerprint density at radius 2 is 2.26 bits per heavy atom. The van der Waals surface area contributed by atoms with E-state index in [1.807, 2.05) is 41.3 Å². The van der Waals surface area contributed by atoms with Crippen LogP contribution in [0.25, 0.3) is 10.9 Å². The SMILES string of the molecule is O=C1CCSC(c2ccco2)N1CCCNc1ccnc2cc(Cl)ccc12. The minimum absolute atomic E-state index is 0.0230. The normalized spacial score (nSPS) is 17.4. The molecule has 1 aromatic carbocycles. The number of halogens is 1. The quantitative estimate of drug-likeness (QED) is 0.592. The lowest BCUT2D eigenvalue weighted by atomic mass is 10.2. The van der Waals surface area contributed by atoms with Crippen molar-refractivity contribution >= 4 is 45.9 Å². The topological polar surface area (TPSA) is 58.4 Å². The second-order valence-corrected chi connectivity index (χ2v) is 8.00. The van der Waals surface area contributed by atoms with E-state index in [1.54, 1.807) is 24.2 Å². The third-order valence-electron chi connectivity index (χ3n) is 4.58. The summed E-state index contributed by atoms with van der Waals surface area (Å²) in [6.07, 6.45) is 4.88. The van der Waals surface area contributed by atoms with Gasteiger partial charge >= 0.3 is 0 Å². The minimum Gasteiger partial charge on any atom is -0.466 e. The van der Waals surface area contributed by atoms with E-state index in [1.165, 1.54) is 0 Å². The smallest absolute Gasteiger partial charge is 0.224 e. The van der Waals surface area contributed by atoms with E-state index in [0.29, 0.717) is 18.0 Å². The molecule has 0 aliphatic carbocycles. The van der Waals surface area contributed by atoms with Crippen LogP contribution in [-0.2, 0) is 4.79 Å². The van der Waals surface area contributed by atoms with Crippen LogP contribution in [0.5, 0.6) is 0 Å². The second-order valence-electron chi connectivity index (χ2n) is 6.38. The average Bonchev–Trinajstić information content (AvgIpc) is 3.20. The van der Waals surface area contributed by atoms with Crippen molar-refractivity contribution in [2.75, 3.05) is 24.2 Å². The zero-order valence-electron chi connectivity index (χ0n) is 14.7. The summed E-state index contributed by atoms with van der Waals surface area (Å²) in [6, 6.07) is 11.5. The fraction of sp³-hybridized carbons (Fsp3) is 0.300. The van der Waals surface area contributed by atoms with E-state index in [0.717, 1.165) is 41.1 Å². The van der Waals surface area contributed by atoms with Gasteiger partial charge in [0.05, 0.1) is 11.8 Å². The van der Waals surface area contributed by atoms with Crippen LogP contribution in [-0.4, -0.2) is 34.6 Å². The minimum atomic E-state index is -0.0230. The number of furan rings is 1. The predicted molar refractivity (Wildman–Crippen MR) is 110 cm³/mol. The molecule has 0 radical (unpaired) electrons. The highest BCUT2D eigenvalue weighted by atomic mass is 35.5. The molecule has 3 aromatic rings. The van der Waals surface area contributed by atoms with Gasteiger partial charge in [-0.1, -0.05) is 11.6 Å². The van der Waals surface area contributed by atoms with Crippen molar-refractivity contribution in [1.82, 2.24) is 9.88 Å². The van der Waals surface area contributed by atoms with Gasteiger partial charge in [0.2, 0.25) is 5.91 Å². The Bertz CT molecular complexity index is 932. The molecule has 5 nitrogen and oxygen atoms in total. The number of fused-ring (bicyclic) bond motifs is 1. The van der Waals surface area contributed by atoms with Gasteiger partial charge in [0.1, 0.15) is 11.1 Å². The Balaban J connectivity index is 1.38. The van der Waals surface area contributed by atoms with Crippen LogP contribution < -0.4 is 5.32 Å². The van der Waals surface area contributed by atoms with Crippen molar-refractivity contribution in [1.29, 1.82) is 0 Å². The zero-order valence-corrected chi connectivity index (χ0v) is 16.3. The number of anilines is 1. The number of carbonyl (C=O) groups is 1. The first-order valence-corrected chi connectivity index (χ1v) is 10.4. The number of hydrogen-bond donors (Lipinski definition) is 1. The Kier molecular flexibility index (Phi) is 5.55. The molecule has 1 N–H and O–H groups in total. The number of rotatable bonds is 6. The Morgan fingerprint density at radius 3 is 3.11 bits per heavy atom. The molecule has 1 unspecified atom stereocenters. The van der Waals surface area contributed by atoms with E-state index in [-0.39, 0.29) is 11.3 Å². The zero-order chi connectivity index (χ0) is 18.6. The molecule has 1 saturated heterocycles. The maximum absolute atomic E-state index is 12.4. The Morgan fingerprint density at radius 1 is 1.33 bits per heavy atom. The number of nitrogens with zero attached hydrogens (tertiary/aromatic N) is 2. The summed E-state index contributed by atoms with van der Waals surface area (Å²) in [6.45, 7) is 1.46. The summed E-state index contributed by atoms with van der Waals surface area (Å²) in [5.41, 5.74) is 1.89. The van der Waals surface area contributed by atoms with Gasteiger partial charge in [0.15, 0.2) is 0 Å². The number of benzene rings is 1. The first-order valence-electron chi connectivity index (χ1n) is 8.95. The molecular weight excluding hydrogens is 382 g/mol. The number of hydrogen-bond acceptors (Lipinski definition) is 5. The molecule has 7 heteroatoms. The average molecular weight is 402 g/mol. The highest BCUT2D eigenvalue weighted by Crippen LogP contribution is 2.37. The van der Waals surface area contributed by atoms with Crippen molar-refractivity contribution in [3.63, 3.8) is 0 Å². The summed E-state index contributed by atoms with van der Waals surface area (Å²) in [5, 5.41) is 5.16. The molecule has 3 heterocycles. The van der Waals surface area contributed by atoms with Crippen LogP contribution >= 0.6 is 23.4 Å². The summed E-state index contributed by atoms with van der Waals surface area (Å²) in [5.74, 6) is 1.88. The van der Waals surface area contributed by atoms with Crippen LogP contribution in [0.4, 0.5) is 5.69 Å². The number of pyridine rings is 1. The molecule has 1 fully saturated rings. The third-order valence-corrected chi connectivity index (χ3v) is 6.06. The van der Waals surface area contributed by atoms with Gasteiger partial charge in [0.25, 0.3) is 0 Å². The largest absolute Gasteiger partial charge is 0.466 e. The lowest BCUT2D eigenvalue weighted by Crippen LogP contribution is -2.38. The van der Waals surface area contributed by atoms with E-state index < -0.39 is 0 Å². The van der Waals surface area contributed by atoms with Crippen molar-refractivity contribution in [2.45, 2.75) is 18.2 Å².